The minimum absolute atomic E-state index is 0.192. The lowest BCUT2D eigenvalue weighted by Gasteiger charge is -2.07. The summed E-state index contributed by atoms with van der Waals surface area (Å²) >= 11 is 1.32. The Morgan fingerprint density at radius 3 is 2.71 bits per heavy atom. The van der Waals surface area contributed by atoms with Crippen LogP contribution in [0.5, 0.6) is 0 Å². The second kappa shape index (κ2) is 9.08. The van der Waals surface area contributed by atoms with Crippen LogP contribution in [0.15, 0.2) is 48.5 Å². The Kier molecular flexibility index (Phi) is 6.81. The van der Waals surface area contributed by atoms with E-state index >= 15 is 0 Å². The number of nitrogens with one attached hydrogen (secondary N) is 1. The van der Waals surface area contributed by atoms with Crippen molar-refractivity contribution in [1.82, 2.24) is 0 Å². The number of benzene rings is 2. The van der Waals surface area contributed by atoms with Gasteiger partial charge in [-0.25, -0.2) is 9.18 Å². The van der Waals surface area contributed by atoms with Gasteiger partial charge in [0, 0.05) is 11.4 Å². The standard InChI is InChI=1S/C18H18FNO3S/c1-2-23-18(22)13-7-5-8-15(10-13)20-17(21)12-24-11-14-6-3-4-9-16(14)19/h3-10H,2,11-12H2,1H3,(H,20,21). The van der Waals surface area contributed by atoms with Gasteiger partial charge >= 0.3 is 5.97 Å². The van der Waals surface area contributed by atoms with Crippen LogP contribution < -0.4 is 5.32 Å². The number of carbonyl (C=O) groups excluding carboxylic acids is 2. The molecule has 0 radical (unpaired) electrons. The first-order chi connectivity index (χ1) is 11.6. The van der Waals surface area contributed by atoms with Gasteiger partial charge in [0.1, 0.15) is 5.82 Å². The van der Waals surface area contributed by atoms with Gasteiger partial charge in [-0.1, -0.05) is 24.3 Å². The van der Waals surface area contributed by atoms with Crippen molar-refractivity contribution in [3.63, 3.8) is 0 Å². The van der Waals surface area contributed by atoms with E-state index in [1.54, 1.807) is 49.4 Å². The molecule has 0 aliphatic heterocycles. The number of ether oxygens (including phenoxy) is 1. The van der Waals surface area contributed by atoms with Crippen molar-refractivity contribution in [3.05, 3.63) is 65.5 Å². The SMILES string of the molecule is CCOC(=O)c1cccc(NC(=O)CSCc2ccccc2F)c1. The van der Waals surface area contributed by atoms with Crippen LogP contribution in [0.3, 0.4) is 0 Å². The molecule has 6 heteroatoms. The lowest BCUT2D eigenvalue weighted by Crippen LogP contribution is -2.15. The largest absolute Gasteiger partial charge is 0.462 e. The maximum Gasteiger partial charge on any atom is 0.338 e. The molecule has 0 spiro atoms. The van der Waals surface area contributed by atoms with Crippen LogP contribution >= 0.6 is 11.8 Å². The van der Waals surface area contributed by atoms with Crippen molar-refractivity contribution in [3.8, 4) is 0 Å². The predicted molar refractivity (Wildman–Crippen MR) is 93.6 cm³/mol. The van der Waals surface area contributed by atoms with Crippen molar-refractivity contribution in [2.24, 2.45) is 0 Å². The highest BCUT2D eigenvalue weighted by Gasteiger charge is 2.09. The van der Waals surface area contributed by atoms with Crippen molar-refractivity contribution in [2.45, 2.75) is 12.7 Å². The molecule has 0 heterocycles. The van der Waals surface area contributed by atoms with Gasteiger partial charge in [0.2, 0.25) is 5.91 Å². The summed E-state index contributed by atoms with van der Waals surface area (Å²) < 4.78 is 18.4. The van der Waals surface area contributed by atoms with Gasteiger partial charge in [0.25, 0.3) is 0 Å². The summed E-state index contributed by atoms with van der Waals surface area (Å²) in [5, 5.41) is 2.72. The van der Waals surface area contributed by atoms with E-state index in [-0.39, 0.29) is 17.5 Å². The monoisotopic (exact) mass is 347 g/mol. The summed E-state index contributed by atoms with van der Waals surface area (Å²) in [7, 11) is 0. The first-order valence-corrected chi connectivity index (χ1v) is 8.64. The highest BCUT2D eigenvalue weighted by Crippen LogP contribution is 2.16. The van der Waals surface area contributed by atoms with Crippen molar-refractivity contribution in [1.29, 1.82) is 0 Å². The second-order valence-corrected chi connectivity index (χ2v) is 5.92. The van der Waals surface area contributed by atoms with Crippen molar-refractivity contribution < 1.29 is 18.7 Å². The number of hydrogen-bond donors (Lipinski definition) is 1. The summed E-state index contributed by atoms with van der Waals surface area (Å²) in [6, 6.07) is 13.1. The van der Waals surface area contributed by atoms with Crippen molar-refractivity contribution >= 4 is 29.3 Å². The van der Waals surface area contributed by atoms with Gasteiger partial charge in [-0.3, -0.25) is 4.79 Å². The van der Waals surface area contributed by atoms with Gasteiger partial charge in [-0.15, -0.1) is 11.8 Å². The van der Waals surface area contributed by atoms with Crippen LogP contribution in [0.25, 0.3) is 0 Å². The van der Waals surface area contributed by atoms with Crippen LogP contribution in [0.2, 0.25) is 0 Å². The quantitative estimate of drug-likeness (QED) is 0.773. The van der Waals surface area contributed by atoms with Crippen LogP contribution in [0, 0.1) is 5.82 Å². The highest BCUT2D eigenvalue weighted by molar-refractivity contribution is 7.99. The molecule has 24 heavy (non-hydrogen) atoms. The Labute approximate surface area is 144 Å². The summed E-state index contributed by atoms with van der Waals surface area (Å²) in [5.74, 6) is -0.298. The maximum atomic E-state index is 13.5. The third kappa shape index (κ3) is 5.38. The molecule has 1 amide bonds. The fourth-order valence-electron chi connectivity index (χ4n) is 2.00. The summed E-state index contributed by atoms with van der Waals surface area (Å²) in [6.07, 6.45) is 0. The predicted octanol–water partition coefficient (Wildman–Crippen LogP) is 3.87. The van der Waals surface area contributed by atoms with E-state index in [0.29, 0.717) is 29.2 Å². The molecule has 2 aromatic rings. The third-order valence-electron chi connectivity index (χ3n) is 3.11. The Morgan fingerprint density at radius 1 is 1.17 bits per heavy atom. The summed E-state index contributed by atoms with van der Waals surface area (Å²) in [4.78, 5) is 23.6. The number of anilines is 1. The maximum absolute atomic E-state index is 13.5. The normalized spacial score (nSPS) is 10.2. The average Bonchev–Trinajstić information content (AvgIpc) is 2.57. The average molecular weight is 347 g/mol. The van der Waals surface area contributed by atoms with Gasteiger partial charge in [0.15, 0.2) is 0 Å². The zero-order valence-electron chi connectivity index (χ0n) is 13.3. The van der Waals surface area contributed by atoms with Crippen LogP contribution in [-0.2, 0) is 15.3 Å². The molecule has 0 aromatic heterocycles. The number of hydrogen-bond acceptors (Lipinski definition) is 4. The molecule has 2 rings (SSSR count). The third-order valence-corrected chi connectivity index (χ3v) is 4.09. The first kappa shape index (κ1) is 18.0. The van der Waals surface area contributed by atoms with E-state index in [1.807, 2.05) is 0 Å². The molecule has 0 aliphatic carbocycles. The van der Waals surface area contributed by atoms with E-state index in [1.165, 1.54) is 17.8 Å². The number of carbonyl (C=O) groups is 2. The zero-order chi connectivity index (χ0) is 17.4. The van der Waals surface area contributed by atoms with E-state index in [2.05, 4.69) is 5.32 Å². The number of thioether (sulfide) groups is 1. The Bertz CT molecular complexity index is 721. The Hall–Kier alpha value is -2.34. The zero-order valence-corrected chi connectivity index (χ0v) is 14.1. The van der Waals surface area contributed by atoms with E-state index < -0.39 is 5.97 Å². The molecule has 0 fully saturated rings. The van der Waals surface area contributed by atoms with E-state index in [9.17, 15) is 14.0 Å². The van der Waals surface area contributed by atoms with E-state index in [0.717, 1.165) is 0 Å². The van der Waals surface area contributed by atoms with Crippen molar-refractivity contribution in [2.75, 3.05) is 17.7 Å². The number of amides is 1. The number of esters is 1. The molecule has 2 aromatic carbocycles. The van der Waals surface area contributed by atoms with E-state index in [4.69, 9.17) is 4.74 Å². The van der Waals surface area contributed by atoms with Gasteiger partial charge in [-0.2, -0.15) is 0 Å². The second-order valence-electron chi connectivity index (χ2n) is 4.93. The molecule has 1 N–H and O–H groups in total. The molecule has 0 aliphatic rings. The molecule has 0 saturated heterocycles. The number of rotatable bonds is 7. The highest BCUT2D eigenvalue weighted by atomic mass is 32.2. The topological polar surface area (TPSA) is 55.4 Å². The molecule has 0 atom stereocenters. The molecular formula is C18H18FNO3S. The van der Waals surface area contributed by atoms with Crippen LogP contribution in [-0.4, -0.2) is 24.2 Å². The summed E-state index contributed by atoms with van der Waals surface area (Å²) in [6.45, 7) is 2.03. The Balaban J connectivity index is 1.85. The molecule has 4 nitrogen and oxygen atoms in total. The number of halogens is 1. The van der Waals surface area contributed by atoms with Gasteiger partial charge in [0.05, 0.1) is 17.9 Å². The summed E-state index contributed by atoms with van der Waals surface area (Å²) in [5.41, 5.74) is 1.48. The first-order valence-electron chi connectivity index (χ1n) is 7.48. The smallest absolute Gasteiger partial charge is 0.338 e. The molecule has 126 valence electrons. The minimum Gasteiger partial charge on any atom is -0.462 e. The lowest BCUT2D eigenvalue weighted by atomic mass is 10.2. The van der Waals surface area contributed by atoms with Crippen LogP contribution in [0.1, 0.15) is 22.8 Å². The van der Waals surface area contributed by atoms with Crippen LogP contribution in [0.4, 0.5) is 10.1 Å². The van der Waals surface area contributed by atoms with Gasteiger partial charge in [-0.05, 0) is 36.8 Å². The molecule has 0 saturated carbocycles. The lowest BCUT2D eigenvalue weighted by molar-refractivity contribution is -0.113. The molecule has 0 bridgehead atoms. The van der Waals surface area contributed by atoms with Gasteiger partial charge < -0.3 is 10.1 Å². The fourth-order valence-corrected chi connectivity index (χ4v) is 2.82. The molecule has 0 unspecified atom stereocenters. The molecular weight excluding hydrogens is 329 g/mol. The fraction of sp³-hybridized carbons (Fsp3) is 0.222. The Morgan fingerprint density at radius 2 is 1.96 bits per heavy atom. The minimum atomic E-state index is -0.428.